The molecule has 9 amide bonds. The highest BCUT2D eigenvalue weighted by Gasteiger charge is 2.35. The molecule has 1 saturated heterocycles. The minimum atomic E-state index is -1.40. The molecule has 0 aromatic heterocycles. The Balaban J connectivity index is 1.78. The number of guanidine groups is 2. The highest BCUT2D eigenvalue weighted by atomic mass is 16.3. The molecule has 0 saturated carbocycles. The number of hydrogen-bond donors (Lipinski definition) is 13. The van der Waals surface area contributed by atoms with Crippen LogP contribution in [0.1, 0.15) is 88.3 Å². The fourth-order valence-electron chi connectivity index (χ4n) is 8.68. The van der Waals surface area contributed by atoms with Crippen LogP contribution in [0, 0.1) is 5.92 Å². The number of aliphatic imine (C=N–C) groups is 2. The average molecular weight is 1110 g/mol. The Morgan fingerprint density at radius 2 is 1.14 bits per heavy atom. The van der Waals surface area contributed by atoms with E-state index in [-0.39, 0.29) is 127 Å². The smallest absolute Gasteiger partial charge is 0.245 e. The zero-order chi connectivity index (χ0) is 58.6. The molecule has 434 valence electrons. The van der Waals surface area contributed by atoms with Gasteiger partial charge in [-0.15, -0.1) is 0 Å². The monoisotopic (exact) mass is 1110 g/mol. The number of nitrogens with zero attached hydrogens (tertiary/aromatic N) is 3. The molecule has 1 aliphatic heterocycles. The van der Waals surface area contributed by atoms with E-state index in [4.69, 9.17) is 28.7 Å². The van der Waals surface area contributed by atoms with E-state index in [9.17, 15) is 43.5 Å². The minimum Gasteiger partial charge on any atom is -0.508 e. The Kier molecular flexibility index (Phi) is 26.7. The lowest BCUT2D eigenvalue weighted by Gasteiger charge is -2.30. The van der Waals surface area contributed by atoms with Crippen LogP contribution in [0.4, 0.5) is 0 Å². The SMILES string of the molecule is CC(C)C[C@H](NC(=O)[C@H](CCCN=C(N)N)NC(=O)CN1CCCCNC(=O)CCC(=O)N[C@@H](CCCN=C(N)N)C(=O)N[C@@H](Cc2ccc(O)cc2)C(=O)N[C@@H](Cc2ccccc2)C(=O)N[C@H](Cc2ccccc2)C1=O)C(N)=O. The lowest BCUT2D eigenvalue weighted by atomic mass is 10.00. The zero-order valence-electron chi connectivity index (χ0n) is 45.5. The van der Waals surface area contributed by atoms with Crippen molar-refractivity contribution in [1.29, 1.82) is 0 Å². The van der Waals surface area contributed by atoms with Gasteiger partial charge in [-0.05, 0) is 79.7 Å². The predicted octanol–water partition coefficient (Wildman–Crippen LogP) is -1.51. The summed E-state index contributed by atoms with van der Waals surface area (Å²) in [6.45, 7) is 3.30. The maximum atomic E-state index is 15.2. The van der Waals surface area contributed by atoms with E-state index in [1.54, 1.807) is 72.8 Å². The molecule has 25 heteroatoms. The summed E-state index contributed by atoms with van der Waals surface area (Å²) in [5.41, 5.74) is 29.5. The van der Waals surface area contributed by atoms with Crippen LogP contribution in [-0.2, 0) is 62.4 Å². The Bertz CT molecular complexity index is 2600. The number of carbonyl (C=O) groups is 9. The van der Waals surface area contributed by atoms with Crippen molar-refractivity contribution in [2.45, 2.75) is 127 Å². The van der Waals surface area contributed by atoms with Gasteiger partial charge in [0.05, 0.1) is 6.54 Å². The van der Waals surface area contributed by atoms with Crippen LogP contribution in [0.5, 0.6) is 5.75 Å². The molecule has 18 N–H and O–H groups in total. The third kappa shape index (κ3) is 23.9. The first-order chi connectivity index (χ1) is 38.2. The molecule has 3 aromatic carbocycles. The number of hydrogen-bond acceptors (Lipinski definition) is 12. The van der Waals surface area contributed by atoms with Gasteiger partial charge in [0, 0.05) is 58.3 Å². The highest BCUT2D eigenvalue weighted by molar-refractivity contribution is 5.97. The Morgan fingerprint density at radius 3 is 1.69 bits per heavy atom. The van der Waals surface area contributed by atoms with Crippen LogP contribution < -0.4 is 65.9 Å². The van der Waals surface area contributed by atoms with Gasteiger partial charge < -0.3 is 75.9 Å². The van der Waals surface area contributed by atoms with Crippen LogP contribution in [0.15, 0.2) is 94.9 Å². The molecular formula is C55H79N15O10. The summed E-state index contributed by atoms with van der Waals surface area (Å²) in [4.78, 5) is 135. The number of phenolic OH excluding ortho intramolecular Hbond substituents is 1. The van der Waals surface area contributed by atoms with Gasteiger partial charge in [0.2, 0.25) is 53.2 Å². The maximum Gasteiger partial charge on any atom is 0.245 e. The van der Waals surface area contributed by atoms with E-state index >= 15 is 4.79 Å². The van der Waals surface area contributed by atoms with Crippen LogP contribution in [0.2, 0.25) is 0 Å². The molecule has 3 aromatic rings. The number of nitrogens with one attached hydrogen (secondary N) is 7. The lowest BCUT2D eigenvalue weighted by molar-refractivity contribution is -0.140. The van der Waals surface area contributed by atoms with Gasteiger partial charge in [0.15, 0.2) is 11.9 Å². The number of aromatic hydroxyl groups is 1. The van der Waals surface area contributed by atoms with Gasteiger partial charge >= 0.3 is 0 Å². The van der Waals surface area contributed by atoms with Crippen molar-refractivity contribution in [2.24, 2.45) is 44.6 Å². The lowest BCUT2D eigenvalue weighted by Crippen LogP contribution is -2.60. The third-order valence-corrected chi connectivity index (χ3v) is 12.8. The summed E-state index contributed by atoms with van der Waals surface area (Å²) >= 11 is 0. The summed E-state index contributed by atoms with van der Waals surface area (Å²) in [7, 11) is 0. The molecule has 1 heterocycles. The van der Waals surface area contributed by atoms with Crippen molar-refractivity contribution in [3.8, 4) is 5.75 Å². The van der Waals surface area contributed by atoms with Crippen molar-refractivity contribution in [1.82, 2.24) is 42.1 Å². The minimum absolute atomic E-state index is 0.0127. The van der Waals surface area contributed by atoms with Gasteiger partial charge in [0.1, 0.15) is 42.0 Å². The summed E-state index contributed by atoms with van der Waals surface area (Å²) < 4.78 is 0. The van der Waals surface area contributed by atoms with Crippen LogP contribution in [-0.4, -0.2) is 144 Å². The number of amides is 9. The molecule has 0 unspecified atom stereocenters. The summed E-state index contributed by atoms with van der Waals surface area (Å²) in [5, 5.41) is 29.3. The molecular weight excluding hydrogens is 1030 g/mol. The average Bonchev–Trinajstić information content (AvgIpc) is 3.41. The Labute approximate surface area is 465 Å². The molecule has 0 bridgehead atoms. The molecule has 6 atom stereocenters. The fraction of sp³-hybridized carbons (Fsp3) is 0.473. The second-order valence-electron chi connectivity index (χ2n) is 20.0. The zero-order valence-corrected chi connectivity index (χ0v) is 45.5. The van der Waals surface area contributed by atoms with E-state index in [0.29, 0.717) is 16.7 Å². The van der Waals surface area contributed by atoms with E-state index < -0.39 is 96.0 Å². The van der Waals surface area contributed by atoms with E-state index in [1.165, 1.54) is 17.0 Å². The van der Waals surface area contributed by atoms with E-state index in [1.807, 2.05) is 13.8 Å². The second-order valence-corrected chi connectivity index (χ2v) is 20.0. The van der Waals surface area contributed by atoms with Gasteiger partial charge in [-0.2, -0.15) is 0 Å². The molecule has 0 aliphatic carbocycles. The normalized spacial score (nSPS) is 19.0. The maximum absolute atomic E-state index is 15.2. The van der Waals surface area contributed by atoms with Crippen molar-refractivity contribution in [3.05, 3.63) is 102 Å². The van der Waals surface area contributed by atoms with Crippen molar-refractivity contribution in [2.75, 3.05) is 32.7 Å². The van der Waals surface area contributed by atoms with Crippen molar-refractivity contribution >= 4 is 65.1 Å². The molecule has 80 heavy (non-hydrogen) atoms. The van der Waals surface area contributed by atoms with Crippen molar-refractivity contribution in [3.63, 3.8) is 0 Å². The second kappa shape index (κ2) is 33.5. The first-order valence-electron chi connectivity index (χ1n) is 26.8. The fourth-order valence-corrected chi connectivity index (χ4v) is 8.68. The summed E-state index contributed by atoms with van der Waals surface area (Å²) in [5.74, 6) is -6.93. The number of primary amides is 1. The largest absolute Gasteiger partial charge is 0.508 e. The number of nitrogens with two attached hydrogens (primary N) is 5. The molecule has 25 nitrogen and oxygen atoms in total. The van der Waals surface area contributed by atoms with Crippen LogP contribution in [0.25, 0.3) is 0 Å². The Morgan fingerprint density at radius 1 is 0.625 bits per heavy atom. The topological polar surface area (TPSA) is 416 Å². The van der Waals surface area contributed by atoms with Crippen molar-refractivity contribution < 1.29 is 48.3 Å². The number of rotatable bonds is 22. The predicted molar refractivity (Wildman–Crippen MR) is 300 cm³/mol. The van der Waals surface area contributed by atoms with Gasteiger partial charge in [-0.1, -0.05) is 86.6 Å². The van der Waals surface area contributed by atoms with Gasteiger partial charge in [0.25, 0.3) is 0 Å². The molecule has 1 fully saturated rings. The molecule has 0 radical (unpaired) electrons. The molecule has 0 spiro atoms. The molecule has 4 rings (SSSR count). The third-order valence-electron chi connectivity index (χ3n) is 12.8. The standard InChI is InChI=1S/C55H79N15O10/c1-34(2)29-41(48(56)75)66-49(76)40(18-12-27-63-55(59)60)65-47(74)33-70-28-10-9-25-61-45(72)23-24-46(73)64-39(17-11-26-62-54(57)58)50(77)67-43(31-37-19-21-38(71)22-20-37)51(78)68-42(30-35-13-5-3-6-14-35)52(79)69-44(53(70)80)32-36-15-7-4-8-16-36/h3-8,13-16,19-22,34,39-44,71H,9-12,17-18,23-33H2,1-2H3,(H2,56,75)(H,61,72)(H,64,73)(H,65,74)(H,66,76)(H,67,77)(H,68,78)(H,69,79)(H4,57,58,62)(H4,59,60,63)/t39-,40-,41-,42-,43-,44+/m0/s1. The quantitative estimate of drug-likeness (QED) is 0.0309. The van der Waals surface area contributed by atoms with Gasteiger partial charge in [-0.25, -0.2) is 0 Å². The van der Waals surface area contributed by atoms with Crippen LogP contribution >= 0.6 is 0 Å². The first-order valence-corrected chi connectivity index (χ1v) is 26.8. The number of phenols is 1. The number of carbonyl (C=O) groups excluding carboxylic acids is 9. The molecule has 1 aliphatic rings. The Hall–Kier alpha value is -8.77. The summed E-state index contributed by atoms with van der Waals surface area (Å²) in [6, 6.07) is 15.8. The van der Waals surface area contributed by atoms with Crippen LogP contribution in [0.3, 0.4) is 0 Å². The van der Waals surface area contributed by atoms with E-state index in [2.05, 4.69) is 47.2 Å². The number of benzene rings is 3. The van der Waals surface area contributed by atoms with E-state index in [0.717, 1.165) is 0 Å². The van der Waals surface area contributed by atoms with Gasteiger partial charge in [-0.3, -0.25) is 53.1 Å². The summed E-state index contributed by atoms with van der Waals surface area (Å²) in [6.07, 6.45) is 0.315. The highest BCUT2D eigenvalue weighted by Crippen LogP contribution is 2.15. The first kappa shape index (κ1) is 63.8.